The average molecular weight is 313 g/mol. The molecule has 0 aromatic heterocycles. The standard InChI is InChI=1S/C13H19N3O4S/c1-9-4-3-5-10(2)15(9)21(19,20)13-7-6-11(14)8-12(13)16(17)18/h6-10H,3-5,14H2,1-2H3/t9-,10+. The normalized spacial score (nSPS) is 23.9. The zero-order valence-electron chi connectivity index (χ0n) is 12.0. The Bertz CT molecular complexity index is 649. The van der Waals surface area contributed by atoms with Crippen molar-refractivity contribution in [1.29, 1.82) is 0 Å². The Morgan fingerprint density at radius 1 is 1.29 bits per heavy atom. The van der Waals surface area contributed by atoms with Gasteiger partial charge in [0.05, 0.1) is 4.92 Å². The number of nitro benzene ring substituents is 1. The molecule has 2 atom stereocenters. The van der Waals surface area contributed by atoms with E-state index in [4.69, 9.17) is 5.73 Å². The lowest BCUT2D eigenvalue weighted by atomic mass is 10.0. The van der Waals surface area contributed by atoms with E-state index in [0.29, 0.717) is 0 Å². The first kappa shape index (κ1) is 15.7. The van der Waals surface area contributed by atoms with E-state index in [1.807, 2.05) is 13.8 Å². The lowest BCUT2D eigenvalue weighted by Gasteiger charge is -2.37. The van der Waals surface area contributed by atoms with Crippen molar-refractivity contribution in [3.05, 3.63) is 28.3 Å². The number of anilines is 1. The Morgan fingerprint density at radius 3 is 2.38 bits per heavy atom. The summed E-state index contributed by atoms with van der Waals surface area (Å²) >= 11 is 0. The van der Waals surface area contributed by atoms with Crippen LogP contribution in [0.2, 0.25) is 0 Å². The maximum atomic E-state index is 12.8. The molecule has 7 nitrogen and oxygen atoms in total. The molecular weight excluding hydrogens is 294 g/mol. The van der Waals surface area contributed by atoms with E-state index in [9.17, 15) is 18.5 Å². The first-order valence-corrected chi connectivity index (χ1v) is 8.26. The molecule has 2 N–H and O–H groups in total. The molecule has 116 valence electrons. The molecular formula is C13H19N3O4S. The van der Waals surface area contributed by atoms with Gasteiger partial charge in [-0.2, -0.15) is 4.31 Å². The largest absolute Gasteiger partial charge is 0.399 e. The highest BCUT2D eigenvalue weighted by molar-refractivity contribution is 7.89. The number of sulfonamides is 1. The molecule has 1 aliphatic rings. The van der Waals surface area contributed by atoms with Crippen LogP contribution in [0, 0.1) is 10.1 Å². The van der Waals surface area contributed by atoms with E-state index in [0.717, 1.165) is 25.3 Å². The van der Waals surface area contributed by atoms with Crippen molar-refractivity contribution in [2.45, 2.75) is 50.1 Å². The molecule has 2 rings (SSSR count). The van der Waals surface area contributed by atoms with Gasteiger partial charge in [0, 0.05) is 23.8 Å². The zero-order valence-corrected chi connectivity index (χ0v) is 12.8. The molecule has 1 aromatic rings. The highest BCUT2D eigenvalue weighted by Gasteiger charge is 2.39. The summed E-state index contributed by atoms with van der Waals surface area (Å²) in [4.78, 5) is 10.1. The van der Waals surface area contributed by atoms with Crippen LogP contribution >= 0.6 is 0 Å². The Labute approximate surface area is 123 Å². The van der Waals surface area contributed by atoms with Crippen molar-refractivity contribution in [1.82, 2.24) is 4.31 Å². The third-order valence-corrected chi connectivity index (χ3v) is 6.02. The molecule has 0 amide bonds. The molecule has 1 aromatic carbocycles. The molecule has 0 aliphatic carbocycles. The molecule has 1 aliphatic heterocycles. The second kappa shape index (κ2) is 5.61. The van der Waals surface area contributed by atoms with Gasteiger partial charge in [-0.05, 0) is 38.8 Å². The lowest BCUT2D eigenvalue weighted by Crippen LogP contribution is -2.47. The van der Waals surface area contributed by atoms with Crippen molar-refractivity contribution in [2.75, 3.05) is 5.73 Å². The molecule has 0 spiro atoms. The van der Waals surface area contributed by atoms with Crippen LogP contribution in [0.3, 0.4) is 0 Å². The molecule has 8 heteroatoms. The zero-order chi connectivity index (χ0) is 15.8. The Balaban J connectivity index is 2.56. The summed E-state index contributed by atoms with van der Waals surface area (Å²) in [6.45, 7) is 3.66. The van der Waals surface area contributed by atoms with E-state index in [-0.39, 0.29) is 22.7 Å². The van der Waals surface area contributed by atoms with E-state index >= 15 is 0 Å². The maximum absolute atomic E-state index is 12.8. The van der Waals surface area contributed by atoms with Crippen molar-refractivity contribution in [2.24, 2.45) is 0 Å². The van der Waals surface area contributed by atoms with Gasteiger partial charge in [0.15, 0.2) is 4.90 Å². The number of nitro groups is 1. The van der Waals surface area contributed by atoms with Gasteiger partial charge in [-0.1, -0.05) is 6.42 Å². The van der Waals surface area contributed by atoms with Crippen LogP contribution in [-0.2, 0) is 10.0 Å². The van der Waals surface area contributed by atoms with Gasteiger partial charge in [0.25, 0.3) is 5.69 Å². The Hall–Kier alpha value is -1.67. The Kier molecular flexibility index (Phi) is 4.20. The minimum absolute atomic E-state index is 0.167. The minimum atomic E-state index is -3.92. The molecule has 0 radical (unpaired) electrons. The summed E-state index contributed by atoms with van der Waals surface area (Å²) in [5.74, 6) is 0. The van der Waals surface area contributed by atoms with Crippen molar-refractivity contribution >= 4 is 21.4 Å². The number of piperidine rings is 1. The van der Waals surface area contributed by atoms with Gasteiger partial charge in [0.2, 0.25) is 10.0 Å². The van der Waals surface area contributed by atoms with Gasteiger partial charge >= 0.3 is 0 Å². The van der Waals surface area contributed by atoms with E-state index < -0.39 is 20.6 Å². The number of benzene rings is 1. The summed E-state index contributed by atoms with van der Waals surface area (Å²) < 4.78 is 27.0. The smallest absolute Gasteiger partial charge is 0.291 e. The fraction of sp³-hybridized carbons (Fsp3) is 0.538. The number of hydrogen-bond donors (Lipinski definition) is 1. The number of hydrogen-bond acceptors (Lipinski definition) is 5. The maximum Gasteiger partial charge on any atom is 0.291 e. The summed E-state index contributed by atoms with van der Waals surface area (Å²) in [6, 6.07) is 3.34. The van der Waals surface area contributed by atoms with Crippen molar-refractivity contribution in [3.63, 3.8) is 0 Å². The average Bonchev–Trinajstić information content (AvgIpc) is 2.37. The Morgan fingerprint density at radius 2 is 1.86 bits per heavy atom. The predicted molar refractivity (Wildman–Crippen MR) is 79.3 cm³/mol. The first-order chi connectivity index (χ1) is 9.75. The number of nitrogens with two attached hydrogens (primary N) is 1. The van der Waals surface area contributed by atoms with Crippen LogP contribution in [0.4, 0.5) is 11.4 Å². The molecule has 21 heavy (non-hydrogen) atoms. The summed E-state index contributed by atoms with van der Waals surface area (Å²) in [7, 11) is -3.92. The fourth-order valence-electron chi connectivity index (χ4n) is 2.88. The van der Waals surface area contributed by atoms with Gasteiger partial charge < -0.3 is 5.73 Å². The third-order valence-electron chi connectivity index (χ3n) is 3.85. The monoisotopic (exact) mass is 313 g/mol. The molecule has 0 saturated carbocycles. The fourth-order valence-corrected chi connectivity index (χ4v) is 4.90. The van der Waals surface area contributed by atoms with Gasteiger partial charge in [-0.3, -0.25) is 10.1 Å². The van der Waals surface area contributed by atoms with Crippen LogP contribution in [0.1, 0.15) is 33.1 Å². The van der Waals surface area contributed by atoms with Crippen LogP contribution in [0.25, 0.3) is 0 Å². The summed E-state index contributed by atoms with van der Waals surface area (Å²) in [5.41, 5.74) is 5.22. The molecule has 0 bridgehead atoms. The van der Waals surface area contributed by atoms with Crippen LogP contribution in [-0.4, -0.2) is 29.7 Å². The second-order valence-electron chi connectivity index (χ2n) is 5.45. The highest BCUT2D eigenvalue weighted by Crippen LogP contribution is 2.34. The van der Waals surface area contributed by atoms with E-state index in [1.165, 1.54) is 16.4 Å². The SMILES string of the molecule is C[C@@H]1CCC[C@H](C)N1S(=O)(=O)c1ccc(N)cc1[N+](=O)[O-]. The summed E-state index contributed by atoms with van der Waals surface area (Å²) in [5, 5.41) is 11.1. The quantitative estimate of drug-likeness (QED) is 0.522. The molecule has 1 saturated heterocycles. The van der Waals surface area contributed by atoms with Crippen LogP contribution in [0.15, 0.2) is 23.1 Å². The molecule has 0 unspecified atom stereocenters. The highest BCUT2D eigenvalue weighted by atomic mass is 32.2. The molecule has 1 fully saturated rings. The van der Waals surface area contributed by atoms with Crippen LogP contribution < -0.4 is 5.73 Å². The topological polar surface area (TPSA) is 107 Å². The lowest BCUT2D eigenvalue weighted by molar-refractivity contribution is -0.387. The molecule has 1 heterocycles. The van der Waals surface area contributed by atoms with Crippen molar-refractivity contribution in [3.8, 4) is 0 Å². The number of nitrogen functional groups attached to an aromatic ring is 1. The van der Waals surface area contributed by atoms with Gasteiger partial charge in [-0.25, -0.2) is 8.42 Å². The predicted octanol–water partition coefficient (Wildman–Crippen LogP) is 2.13. The summed E-state index contributed by atoms with van der Waals surface area (Å²) in [6.07, 6.45) is 2.47. The van der Waals surface area contributed by atoms with Crippen molar-refractivity contribution < 1.29 is 13.3 Å². The minimum Gasteiger partial charge on any atom is -0.399 e. The van der Waals surface area contributed by atoms with E-state index in [2.05, 4.69) is 0 Å². The first-order valence-electron chi connectivity index (χ1n) is 6.82. The van der Waals surface area contributed by atoms with Gasteiger partial charge in [0.1, 0.15) is 0 Å². The second-order valence-corrected chi connectivity index (χ2v) is 7.26. The van der Waals surface area contributed by atoms with Crippen LogP contribution in [0.5, 0.6) is 0 Å². The number of nitrogens with zero attached hydrogens (tertiary/aromatic N) is 2. The van der Waals surface area contributed by atoms with E-state index in [1.54, 1.807) is 0 Å². The third kappa shape index (κ3) is 2.86. The van der Waals surface area contributed by atoms with Gasteiger partial charge in [-0.15, -0.1) is 0 Å². The number of rotatable bonds is 3.